The van der Waals surface area contributed by atoms with Crippen LogP contribution >= 0.6 is 11.6 Å². The Kier molecular flexibility index (Phi) is 5.85. The maximum absolute atomic E-state index is 12.7. The molecule has 0 saturated carbocycles. The summed E-state index contributed by atoms with van der Waals surface area (Å²) in [7, 11) is 0. The SMILES string of the molecule is O=C(C[C@H]1NC(=O)N(Cc2ccccc2Cl)C1=O)N1CCN(c2ccccn2)CC1. The van der Waals surface area contributed by atoms with Crippen molar-refractivity contribution in [3.05, 3.63) is 59.2 Å². The summed E-state index contributed by atoms with van der Waals surface area (Å²) in [5.74, 6) is 0.340. The Morgan fingerprint density at radius 1 is 1.07 bits per heavy atom. The van der Waals surface area contributed by atoms with Crippen LogP contribution in [-0.2, 0) is 16.1 Å². The lowest BCUT2D eigenvalue weighted by atomic mass is 10.1. The number of nitrogens with one attached hydrogen (secondary N) is 1. The van der Waals surface area contributed by atoms with Gasteiger partial charge in [-0.2, -0.15) is 0 Å². The predicted molar refractivity (Wildman–Crippen MR) is 112 cm³/mol. The van der Waals surface area contributed by atoms with Gasteiger partial charge in [0, 0.05) is 37.4 Å². The number of piperazine rings is 1. The summed E-state index contributed by atoms with van der Waals surface area (Å²) in [6.45, 7) is 2.53. The fourth-order valence-electron chi connectivity index (χ4n) is 3.69. The monoisotopic (exact) mass is 427 g/mol. The molecule has 0 aliphatic carbocycles. The summed E-state index contributed by atoms with van der Waals surface area (Å²) < 4.78 is 0. The molecule has 0 unspecified atom stereocenters. The summed E-state index contributed by atoms with van der Waals surface area (Å²) in [4.78, 5) is 47.0. The molecule has 9 heteroatoms. The third-order valence-corrected chi connectivity index (χ3v) is 5.75. The predicted octanol–water partition coefficient (Wildman–Crippen LogP) is 1.89. The second-order valence-corrected chi connectivity index (χ2v) is 7.68. The first kappa shape index (κ1) is 20.2. The Hall–Kier alpha value is -3.13. The number of pyridine rings is 1. The van der Waals surface area contributed by atoms with Crippen LogP contribution in [0.5, 0.6) is 0 Å². The van der Waals surface area contributed by atoms with Gasteiger partial charge in [0.05, 0.1) is 13.0 Å². The van der Waals surface area contributed by atoms with Gasteiger partial charge in [-0.3, -0.25) is 14.5 Å². The number of rotatable bonds is 5. The van der Waals surface area contributed by atoms with Crippen LogP contribution < -0.4 is 10.2 Å². The minimum atomic E-state index is -0.846. The lowest BCUT2D eigenvalue weighted by Gasteiger charge is -2.35. The summed E-state index contributed by atoms with van der Waals surface area (Å²) in [6.07, 6.45) is 1.70. The maximum Gasteiger partial charge on any atom is 0.325 e. The van der Waals surface area contributed by atoms with Crippen LogP contribution in [0.15, 0.2) is 48.7 Å². The van der Waals surface area contributed by atoms with Crippen molar-refractivity contribution in [2.75, 3.05) is 31.1 Å². The maximum atomic E-state index is 12.7. The molecule has 3 heterocycles. The summed E-state index contributed by atoms with van der Waals surface area (Å²) in [6, 6.07) is 11.5. The van der Waals surface area contributed by atoms with E-state index in [1.807, 2.05) is 18.2 Å². The number of carbonyl (C=O) groups is 3. The molecule has 4 amide bonds. The normalized spacial score (nSPS) is 19.2. The van der Waals surface area contributed by atoms with Crippen LogP contribution in [0.25, 0.3) is 0 Å². The largest absolute Gasteiger partial charge is 0.353 e. The number of aromatic nitrogens is 1. The highest BCUT2D eigenvalue weighted by molar-refractivity contribution is 6.31. The standard InChI is InChI=1S/C21H22ClN5O3/c22-16-6-2-1-5-15(16)14-27-20(29)17(24-21(27)30)13-19(28)26-11-9-25(10-12-26)18-7-3-4-8-23-18/h1-8,17H,9-14H2,(H,24,30)/t17-/m1/s1. The van der Waals surface area contributed by atoms with E-state index in [1.54, 1.807) is 35.4 Å². The van der Waals surface area contributed by atoms with Gasteiger partial charge in [0.1, 0.15) is 11.9 Å². The highest BCUT2D eigenvalue weighted by atomic mass is 35.5. The number of amides is 4. The molecule has 30 heavy (non-hydrogen) atoms. The second kappa shape index (κ2) is 8.71. The highest BCUT2D eigenvalue weighted by Crippen LogP contribution is 2.21. The minimum Gasteiger partial charge on any atom is -0.353 e. The number of halogens is 1. The van der Waals surface area contributed by atoms with E-state index < -0.39 is 18.0 Å². The van der Waals surface area contributed by atoms with Gasteiger partial charge in [0.15, 0.2) is 0 Å². The molecule has 0 spiro atoms. The third kappa shape index (κ3) is 4.23. The first-order chi connectivity index (χ1) is 14.5. The van der Waals surface area contributed by atoms with Crippen molar-refractivity contribution >= 4 is 35.3 Å². The van der Waals surface area contributed by atoms with Gasteiger partial charge in [-0.15, -0.1) is 0 Å². The van der Waals surface area contributed by atoms with E-state index in [0.29, 0.717) is 36.8 Å². The van der Waals surface area contributed by atoms with Gasteiger partial charge < -0.3 is 15.1 Å². The fourth-order valence-corrected chi connectivity index (χ4v) is 3.89. The van der Waals surface area contributed by atoms with E-state index in [4.69, 9.17) is 11.6 Å². The number of carbonyl (C=O) groups excluding carboxylic acids is 3. The van der Waals surface area contributed by atoms with E-state index in [1.165, 1.54) is 0 Å². The van der Waals surface area contributed by atoms with Crippen molar-refractivity contribution < 1.29 is 14.4 Å². The molecule has 0 radical (unpaired) electrons. The average molecular weight is 428 g/mol. The Morgan fingerprint density at radius 2 is 1.80 bits per heavy atom. The van der Waals surface area contributed by atoms with Gasteiger partial charge in [0.25, 0.3) is 5.91 Å². The number of nitrogens with zero attached hydrogens (tertiary/aromatic N) is 4. The Bertz CT molecular complexity index is 947. The van der Waals surface area contributed by atoms with Gasteiger partial charge >= 0.3 is 6.03 Å². The van der Waals surface area contributed by atoms with Gasteiger partial charge in [-0.25, -0.2) is 9.78 Å². The molecular weight excluding hydrogens is 406 g/mol. The molecule has 1 aromatic heterocycles. The van der Waals surface area contributed by atoms with Crippen molar-refractivity contribution in [1.82, 2.24) is 20.1 Å². The lowest BCUT2D eigenvalue weighted by molar-refractivity contribution is -0.136. The molecule has 1 aromatic carbocycles. The quantitative estimate of drug-likeness (QED) is 0.736. The lowest BCUT2D eigenvalue weighted by Crippen LogP contribution is -2.50. The van der Waals surface area contributed by atoms with Crippen molar-refractivity contribution in [1.29, 1.82) is 0 Å². The third-order valence-electron chi connectivity index (χ3n) is 5.38. The summed E-state index contributed by atoms with van der Waals surface area (Å²) in [5.41, 5.74) is 0.681. The van der Waals surface area contributed by atoms with Crippen molar-refractivity contribution in [3.63, 3.8) is 0 Å². The number of hydrogen-bond acceptors (Lipinski definition) is 5. The molecule has 2 aliphatic heterocycles. The number of benzene rings is 1. The van der Waals surface area contributed by atoms with Crippen LogP contribution in [0.3, 0.4) is 0 Å². The molecule has 2 aliphatic rings. The zero-order valence-corrected chi connectivity index (χ0v) is 17.1. The number of hydrogen-bond donors (Lipinski definition) is 1. The van der Waals surface area contributed by atoms with Crippen LogP contribution in [-0.4, -0.2) is 64.9 Å². The molecule has 2 saturated heterocycles. The molecule has 4 rings (SSSR count). The zero-order chi connectivity index (χ0) is 21.1. The molecule has 156 valence electrons. The average Bonchev–Trinajstić information content (AvgIpc) is 3.03. The van der Waals surface area contributed by atoms with Crippen molar-refractivity contribution in [3.8, 4) is 0 Å². The minimum absolute atomic E-state index is 0.0484. The van der Waals surface area contributed by atoms with E-state index in [-0.39, 0.29) is 18.9 Å². The zero-order valence-electron chi connectivity index (χ0n) is 16.3. The molecule has 1 atom stereocenters. The van der Waals surface area contributed by atoms with E-state index in [2.05, 4.69) is 15.2 Å². The molecule has 0 bridgehead atoms. The summed E-state index contributed by atoms with van der Waals surface area (Å²) in [5, 5.41) is 3.11. The Labute approximate surface area is 179 Å². The molecular formula is C21H22ClN5O3. The number of imide groups is 1. The van der Waals surface area contributed by atoms with Crippen LogP contribution in [0.4, 0.5) is 10.6 Å². The van der Waals surface area contributed by atoms with Gasteiger partial charge in [-0.1, -0.05) is 35.9 Å². The first-order valence-corrected chi connectivity index (χ1v) is 10.2. The number of anilines is 1. The van der Waals surface area contributed by atoms with Crippen LogP contribution in [0, 0.1) is 0 Å². The van der Waals surface area contributed by atoms with E-state index in [0.717, 1.165) is 10.7 Å². The number of urea groups is 1. The van der Waals surface area contributed by atoms with Crippen LogP contribution in [0.2, 0.25) is 5.02 Å². The second-order valence-electron chi connectivity index (χ2n) is 7.28. The molecule has 8 nitrogen and oxygen atoms in total. The molecule has 2 aromatic rings. The topological polar surface area (TPSA) is 85.8 Å². The fraction of sp³-hybridized carbons (Fsp3) is 0.333. The summed E-state index contributed by atoms with van der Waals surface area (Å²) >= 11 is 6.14. The molecule has 2 fully saturated rings. The Morgan fingerprint density at radius 3 is 2.50 bits per heavy atom. The van der Waals surface area contributed by atoms with Crippen molar-refractivity contribution in [2.45, 2.75) is 19.0 Å². The van der Waals surface area contributed by atoms with E-state index in [9.17, 15) is 14.4 Å². The Balaban J connectivity index is 1.32. The smallest absolute Gasteiger partial charge is 0.325 e. The highest BCUT2D eigenvalue weighted by Gasteiger charge is 2.40. The molecule has 1 N–H and O–H groups in total. The van der Waals surface area contributed by atoms with Crippen LogP contribution in [0.1, 0.15) is 12.0 Å². The first-order valence-electron chi connectivity index (χ1n) is 9.82. The van der Waals surface area contributed by atoms with Gasteiger partial charge in [0.2, 0.25) is 5.91 Å². The van der Waals surface area contributed by atoms with E-state index >= 15 is 0 Å². The van der Waals surface area contributed by atoms with Crippen molar-refractivity contribution in [2.24, 2.45) is 0 Å². The van der Waals surface area contributed by atoms with Gasteiger partial charge in [-0.05, 0) is 23.8 Å².